The van der Waals surface area contributed by atoms with Crippen LogP contribution in [0.3, 0.4) is 0 Å². The van der Waals surface area contributed by atoms with Gasteiger partial charge in [-0.3, -0.25) is 4.99 Å². The fourth-order valence-corrected chi connectivity index (χ4v) is 2.73. The van der Waals surface area contributed by atoms with Crippen molar-refractivity contribution in [1.29, 1.82) is 0 Å². The second-order valence-electron chi connectivity index (χ2n) is 5.17. The molecule has 2 heterocycles. The van der Waals surface area contributed by atoms with E-state index in [2.05, 4.69) is 25.6 Å². The lowest BCUT2D eigenvalue weighted by Gasteiger charge is -2.21. The number of aryl methyl sites for hydroxylation is 1. The molecule has 0 amide bonds. The number of nitrogens with one attached hydrogen (secondary N) is 1. The Morgan fingerprint density at radius 3 is 2.96 bits per heavy atom. The molecule has 0 aliphatic carbocycles. The molecular weight excluding hydrogens is 439 g/mol. The maximum Gasteiger partial charge on any atom is 0.193 e. The molecule has 0 unspecified atom stereocenters. The number of rotatable bonds is 8. The van der Waals surface area contributed by atoms with Crippen molar-refractivity contribution in [2.45, 2.75) is 26.5 Å². The van der Waals surface area contributed by atoms with Crippen LogP contribution in [0.15, 0.2) is 33.2 Å². The van der Waals surface area contributed by atoms with Crippen LogP contribution in [0.5, 0.6) is 0 Å². The summed E-state index contributed by atoms with van der Waals surface area (Å²) in [5, 5.41) is 6.51. The molecule has 0 spiro atoms. The number of aromatic nitrogens is 1. The van der Waals surface area contributed by atoms with E-state index in [1.165, 1.54) is 0 Å². The average molecular weight is 464 g/mol. The first kappa shape index (κ1) is 20.9. The molecule has 0 radical (unpaired) electrons. The minimum absolute atomic E-state index is 0. The Morgan fingerprint density at radius 1 is 1.50 bits per heavy atom. The van der Waals surface area contributed by atoms with E-state index in [1.807, 2.05) is 26.1 Å². The number of thiazole rings is 1. The highest BCUT2D eigenvalue weighted by Crippen LogP contribution is 2.09. The summed E-state index contributed by atoms with van der Waals surface area (Å²) in [6.45, 7) is 4.78. The van der Waals surface area contributed by atoms with Gasteiger partial charge >= 0.3 is 0 Å². The summed E-state index contributed by atoms with van der Waals surface area (Å²) in [6, 6.07) is 3.78. The van der Waals surface area contributed by atoms with Gasteiger partial charge in [0.15, 0.2) is 5.96 Å². The number of guanidine groups is 1. The summed E-state index contributed by atoms with van der Waals surface area (Å²) < 4.78 is 10.8. The molecule has 2 rings (SSSR count). The zero-order valence-electron chi connectivity index (χ0n) is 14.3. The van der Waals surface area contributed by atoms with Crippen LogP contribution in [0.4, 0.5) is 0 Å². The van der Waals surface area contributed by atoms with Crippen LogP contribution in [0.1, 0.15) is 22.9 Å². The second-order valence-corrected chi connectivity index (χ2v) is 6.24. The van der Waals surface area contributed by atoms with Gasteiger partial charge in [-0.05, 0) is 25.5 Å². The van der Waals surface area contributed by atoms with Crippen molar-refractivity contribution in [2.24, 2.45) is 4.99 Å². The maximum absolute atomic E-state index is 5.56. The third-order valence-corrected chi connectivity index (χ3v) is 4.03. The zero-order chi connectivity index (χ0) is 16.5. The summed E-state index contributed by atoms with van der Waals surface area (Å²) in [5.41, 5.74) is 1.07. The van der Waals surface area contributed by atoms with Gasteiger partial charge in [0.05, 0.1) is 23.5 Å². The van der Waals surface area contributed by atoms with E-state index >= 15 is 0 Å². The van der Waals surface area contributed by atoms with Gasteiger partial charge in [0.1, 0.15) is 12.4 Å². The highest BCUT2D eigenvalue weighted by atomic mass is 127. The fourth-order valence-electron chi connectivity index (χ4n) is 2.13. The summed E-state index contributed by atoms with van der Waals surface area (Å²) in [6.07, 6.45) is 2.56. The molecule has 6 nitrogen and oxygen atoms in total. The largest absolute Gasteiger partial charge is 0.467 e. The molecule has 0 saturated heterocycles. The van der Waals surface area contributed by atoms with Crippen LogP contribution in [0.2, 0.25) is 0 Å². The van der Waals surface area contributed by atoms with Crippen LogP contribution in [-0.2, 0) is 17.9 Å². The van der Waals surface area contributed by atoms with Gasteiger partial charge in [0.2, 0.25) is 0 Å². The normalized spacial score (nSPS) is 11.2. The smallest absolute Gasteiger partial charge is 0.193 e. The molecule has 0 aromatic carbocycles. The molecule has 2 aromatic heterocycles. The summed E-state index contributed by atoms with van der Waals surface area (Å²) >= 11 is 1.67. The second kappa shape index (κ2) is 11.4. The molecule has 1 N–H and O–H groups in total. The molecule has 0 saturated carbocycles. The summed E-state index contributed by atoms with van der Waals surface area (Å²) in [4.78, 5) is 10.8. The number of aliphatic imine (C=N–C) groups is 1. The SMILES string of the molecule is CN=C(NCCCOCc1ccco1)N(C)Cc1csc(C)n1.I. The molecule has 0 atom stereocenters. The number of nitrogens with zero attached hydrogens (tertiary/aromatic N) is 3. The van der Waals surface area contributed by atoms with Crippen molar-refractivity contribution < 1.29 is 9.15 Å². The molecule has 0 aliphatic heterocycles. The quantitative estimate of drug-likeness (QED) is 0.281. The van der Waals surface area contributed by atoms with Gasteiger partial charge in [-0.15, -0.1) is 35.3 Å². The minimum atomic E-state index is 0. The predicted octanol–water partition coefficient (Wildman–Crippen LogP) is 3.28. The average Bonchev–Trinajstić information content (AvgIpc) is 3.18. The van der Waals surface area contributed by atoms with E-state index in [0.29, 0.717) is 13.2 Å². The van der Waals surface area contributed by atoms with Gasteiger partial charge in [-0.1, -0.05) is 0 Å². The standard InChI is InChI=1S/C16H24N4O2S.HI/c1-13-19-14(12-23-13)10-20(3)16(17-2)18-7-5-8-21-11-15-6-4-9-22-15;/h4,6,9,12H,5,7-8,10-11H2,1-3H3,(H,17,18);1H. The van der Waals surface area contributed by atoms with E-state index in [1.54, 1.807) is 24.6 Å². The third-order valence-electron chi connectivity index (χ3n) is 3.21. The number of ether oxygens (including phenoxy) is 1. The lowest BCUT2D eigenvalue weighted by atomic mass is 10.4. The van der Waals surface area contributed by atoms with Gasteiger partial charge in [-0.2, -0.15) is 0 Å². The highest BCUT2D eigenvalue weighted by Gasteiger charge is 2.08. The lowest BCUT2D eigenvalue weighted by molar-refractivity contribution is 0.104. The first-order chi connectivity index (χ1) is 11.2. The van der Waals surface area contributed by atoms with Gasteiger partial charge in [0.25, 0.3) is 0 Å². The summed E-state index contributed by atoms with van der Waals surface area (Å²) in [7, 11) is 3.80. The van der Waals surface area contributed by atoms with Crippen LogP contribution in [-0.4, -0.2) is 43.1 Å². The van der Waals surface area contributed by atoms with Gasteiger partial charge in [0, 0.05) is 32.6 Å². The fraction of sp³-hybridized carbons (Fsp3) is 0.500. The topological polar surface area (TPSA) is 62.9 Å². The predicted molar refractivity (Wildman–Crippen MR) is 108 cm³/mol. The van der Waals surface area contributed by atoms with E-state index in [-0.39, 0.29) is 24.0 Å². The van der Waals surface area contributed by atoms with E-state index in [4.69, 9.17) is 9.15 Å². The van der Waals surface area contributed by atoms with Gasteiger partial charge in [-0.25, -0.2) is 4.98 Å². The van der Waals surface area contributed by atoms with Crippen molar-refractivity contribution >= 4 is 41.3 Å². The van der Waals surface area contributed by atoms with Gasteiger partial charge < -0.3 is 19.4 Å². The maximum atomic E-state index is 5.56. The van der Waals surface area contributed by atoms with E-state index in [9.17, 15) is 0 Å². The summed E-state index contributed by atoms with van der Waals surface area (Å²) in [5.74, 6) is 1.72. The van der Waals surface area contributed by atoms with Crippen LogP contribution in [0.25, 0.3) is 0 Å². The molecular formula is C16H25IN4O2S. The zero-order valence-corrected chi connectivity index (χ0v) is 17.5. The van der Waals surface area contributed by atoms with Crippen molar-refractivity contribution in [3.05, 3.63) is 40.2 Å². The van der Waals surface area contributed by atoms with E-state index in [0.717, 1.165) is 41.9 Å². The van der Waals surface area contributed by atoms with Crippen molar-refractivity contribution in [2.75, 3.05) is 27.2 Å². The van der Waals surface area contributed by atoms with Crippen molar-refractivity contribution in [1.82, 2.24) is 15.2 Å². The Morgan fingerprint density at radius 2 is 2.33 bits per heavy atom. The van der Waals surface area contributed by atoms with Crippen LogP contribution >= 0.6 is 35.3 Å². The molecule has 24 heavy (non-hydrogen) atoms. The highest BCUT2D eigenvalue weighted by molar-refractivity contribution is 14.0. The Hall–Kier alpha value is -1.13. The Labute approximate surface area is 164 Å². The molecule has 134 valence electrons. The van der Waals surface area contributed by atoms with E-state index < -0.39 is 0 Å². The molecule has 0 aliphatic rings. The monoisotopic (exact) mass is 464 g/mol. The number of halogens is 1. The molecule has 0 fully saturated rings. The Balaban J connectivity index is 0.00000288. The Bertz CT molecular complexity index is 601. The van der Waals surface area contributed by atoms with Crippen molar-refractivity contribution in [3.63, 3.8) is 0 Å². The third kappa shape index (κ3) is 7.18. The van der Waals surface area contributed by atoms with Crippen molar-refractivity contribution in [3.8, 4) is 0 Å². The number of furan rings is 1. The molecule has 2 aromatic rings. The van der Waals surface area contributed by atoms with Crippen LogP contribution in [0, 0.1) is 6.92 Å². The lowest BCUT2D eigenvalue weighted by Crippen LogP contribution is -2.39. The number of hydrogen-bond acceptors (Lipinski definition) is 5. The van der Waals surface area contributed by atoms with Crippen LogP contribution < -0.4 is 5.32 Å². The first-order valence-electron chi connectivity index (χ1n) is 7.62. The molecule has 8 heteroatoms. The minimum Gasteiger partial charge on any atom is -0.467 e. The first-order valence-corrected chi connectivity index (χ1v) is 8.50. The molecule has 0 bridgehead atoms. The number of hydrogen-bond donors (Lipinski definition) is 1. The Kier molecular flexibility index (Phi) is 9.96.